The summed E-state index contributed by atoms with van der Waals surface area (Å²) in [5.74, 6) is 1.05. The third kappa shape index (κ3) is 4.67. The molecular formula is C19H27N5O. The molecule has 1 amide bonds. The highest BCUT2D eigenvalue weighted by Crippen LogP contribution is 2.13. The van der Waals surface area contributed by atoms with E-state index in [0.29, 0.717) is 0 Å². The quantitative estimate of drug-likeness (QED) is 0.845. The van der Waals surface area contributed by atoms with Gasteiger partial charge in [-0.2, -0.15) is 0 Å². The summed E-state index contributed by atoms with van der Waals surface area (Å²) in [6.45, 7) is 8.63. The Morgan fingerprint density at radius 3 is 2.56 bits per heavy atom. The van der Waals surface area contributed by atoms with E-state index in [1.807, 2.05) is 25.3 Å². The second kappa shape index (κ2) is 8.27. The van der Waals surface area contributed by atoms with Crippen LogP contribution in [-0.4, -0.2) is 57.9 Å². The number of piperazine rings is 1. The van der Waals surface area contributed by atoms with Crippen LogP contribution in [0.15, 0.2) is 36.7 Å². The number of rotatable bonds is 6. The standard InChI is InChI=1S/C19H27N5O/c1-3-16-4-6-17(7-5-16)22-19(25)15(2)24-12-10-23(11-13-24)14-18-20-8-9-21-18/h4-9,15H,3,10-14H2,1-2H3,(H,20,21)(H,22,25). The van der Waals surface area contributed by atoms with Crippen LogP contribution >= 0.6 is 0 Å². The van der Waals surface area contributed by atoms with Crippen LogP contribution in [0.5, 0.6) is 0 Å². The molecule has 1 saturated heterocycles. The second-order valence-electron chi connectivity index (χ2n) is 6.56. The zero-order valence-electron chi connectivity index (χ0n) is 15.0. The molecule has 6 heteroatoms. The normalized spacial score (nSPS) is 17.4. The van der Waals surface area contributed by atoms with Gasteiger partial charge in [-0.3, -0.25) is 14.6 Å². The number of benzene rings is 1. The number of carbonyl (C=O) groups is 1. The van der Waals surface area contributed by atoms with E-state index in [9.17, 15) is 4.79 Å². The van der Waals surface area contributed by atoms with Crippen molar-refractivity contribution in [2.24, 2.45) is 0 Å². The Bertz CT molecular complexity index is 660. The minimum atomic E-state index is -0.128. The van der Waals surface area contributed by atoms with Crippen molar-refractivity contribution < 1.29 is 4.79 Å². The van der Waals surface area contributed by atoms with Crippen LogP contribution < -0.4 is 5.32 Å². The van der Waals surface area contributed by atoms with Crippen molar-refractivity contribution in [2.45, 2.75) is 32.9 Å². The van der Waals surface area contributed by atoms with Crippen molar-refractivity contribution in [3.8, 4) is 0 Å². The highest BCUT2D eigenvalue weighted by atomic mass is 16.2. The van der Waals surface area contributed by atoms with E-state index >= 15 is 0 Å². The van der Waals surface area contributed by atoms with Crippen molar-refractivity contribution in [1.82, 2.24) is 19.8 Å². The number of anilines is 1. The van der Waals surface area contributed by atoms with E-state index in [1.165, 1.54) is 5.56 Å². The highest BCUT2D eigenvalue weighted by molar-refractivity contribution is 5.94. The van der Waals surface area contributed by atoms with Crippen LogP contribution in [0.2, 0.25) is 0 Å². The first-order chi connectivity index (χ1) is 12.2. The molecule has 0 aliphatic carbocycles. The molecule has 0 spiro atoms. The average molecular weight is 341 g/mol. The Kier molecular flexibility index (Phi) is 5.83. The van der Waals surface area contributed by atoms with E-state index in [-0.39, 0.29) is 11.9 Å². The monoisotopic (exact) mass is 341 g/mol. The highest BCUT2D eigenvalue weighted by Gasteiger charge is 2.25. The van der Waals surface area contributed by atoms with Crippen LogP contribution in [0.25, 0.3) is 0 Å². The Balaban J connectivity index is 1.47. The Labute approximate surface area is 149 Å². The number of carbonyl (C=O) groups excluding carboxylic acids is 1. The second-order valence-corrected chi connectivity index (χ2v) is 6.56. The van der Waals surface area contributed by atoms with Gasteiger partial charge < -0.3 is 10.3 Å². The lowest BCUT2D eigenvalue weighted by molar-refractivity contribution is -0.121. The van der Waals surface area contributed by atoms with Gasteiger partial charge in [0.1, 0.15) is 5.82 Å². The summed E-state index contributed by atoms with van der Waals surface area (Å²) < 4.78 is 0. The molecular weight excluding hydrogens is 314 g/mol. The third-order valence-corrected chi connectivity index (χ3v) is 4.89. The van der Waals surface area contributed by atoms with Crippen LogP contribution in [0.1, 0.15) is 25.2 Å². The molecule has 1 aromatic heterocycles. The molecule has 1 atom stereocenters. The summed E-state index contributed by atoms with van der Waals surface area (Å²) in [6.07, 6.45) is 4.64. The molecule has 134 valence electrons. The molecule has 2 N–H and O–H groups in total. The maximum absolute atomic E-state index is 12.5. The summed E-state index contributed by atoms with van der Waals surface area (Å²) in [4.78, 5) is 24.5. The van der Waals surface area contributed by atoms with Gasteiger partial charge in [-0.05, 0) is 31.0 Å². The zero-order chi connectivity index (χ0) is 17.6. The number of aryl methyl sites for hydroxylation is 1. The van der Waals surface area contributed by atoms with Gasteiger partial charge in [0, 0.05) is 44.3 Å². The predicted molar refractivity (Wildman–Crippen MR) is 99.3 cm³/mol. The molecule has 1 aliphatic rings. The molecule has 6 nitrogen and oxygen atoms in total. The lowest BCUT2D eigenvalue weighted by atomic mass is 10.1. The lowest BCUT2D eigenvalue weighted by Gasteiger charge is -2.37. The molecule has 1 fully saturated rings. The lowest BCUT2D eigenvalue weighted by Crippen LogP contribution is -2.52. The fourth-order valence-electron chi connectivity index (χ4n) is 3.14. The van der Waals surface area contributed by atoms with Crippen molar-refractivity contribution in [3.63, 3.8) is 0 Å². The summed E-state index contributed by atoms with van der Waals surface area (Å²) in [5, 5.41) is 3.03. The van der Waals surface area contributed by atoms with Gasteiger partial charge >= 0.3 is 0 Å². The SMILES string of the molecule is CCc1ccc(NC(=O)C(C)N2CCN(Cc3ncc[nH]3)CC2)cc1. The molecule has 0 saturated carbocycles. The Morgan fingerprint density at radius 1 is 1.24 bits per heavy atom. The number of aromatic nitrogens is 2. The molecule has 2 heterocycles. The zero-order valence-corrected chi connectivity index (χ0v) is 15.0. The number of amides is 1. The Morgan fingerprint density at radius 2 is 1.96 bits per heavy atom. The van der Waals surface area contributed by atoms with Crippen LogP contribution in [0.3, 0.4) is 0 Å². The van der Waals surface area contributed by atoms with Crippen LogP contribution in [0, 0.1) is 0 Å². The van der Waals surface area contributed by atoms with Gasteiger partial charge in [0.15, 0.2) is 0 Å². The molecule has 0 radical (unpaired) electrons. The topological polar surface area (TPSA) is 64.3 Å². The number of hydrogen-bond acceptors (Lipinski definition) is 4. The van der Waals surface area contributed by atoms with Crippen molar-refractivity contribution in [1.29, 1.82) is 0 Å². The van der Waals surface area contributed by atoms with Crippen molar-refractivity contribution >= 4 is 11.6 Å². The summed E-state index contributed by atoms with van der Waals surface area (Å²) >= 11 is 0. The summed E-state index contributed by atoms with van der Waals surface area (Å²) in [6, 6.07) is 7.95. The van der Waals surface area contributed by atoms with Crippen molar-refractivity contribution in [2.75, 3.05) is 31.5 Å². The first-order valence-electron chi connectivity index (χ1n) is 9.00. The van der Waals surface area contributed by atoms with E-state index in [4.69, 9.17) is 0 Å². The van der Waals surface area contributed by atoms with E-state index in [1.54, 1.807) is 6.20 Å². The average Bonchev–Trinajstić information content (AvgIpc) is 3.15. The molecule has 1 unspecified atom stereocenters. The number of nitrogens with zero attached hydrogens (tertiary/aromatic N) is 3. The smallest absolute Gasteiger partial charge is 0.241 e. The van der Waals surface area contributed by atoms with Gasteiger partial charge in [0.2, 0.25) is 5.91 Å². The maximum Gasteiger partial charge on any atom is 0.241 e. The third-order valence-electron chi connectivity index (χ3n) is 4.89. The number of aromatic amines is 1. The van der Waals surface area contributed by atoms with Gasteiger partial charge in [-0.1, -0.05) is 19.1 Å². The van der Waals surface area contributed by atoms with Gasteiger partial charge in [-0.25, -0.2) is 4.98 Å². The van der Waals surface area contributed by atoms with Gasteiger partial charge in [0.25, 0.3) is 0 Å². The molecule has 25 heavy (non-hydrogen) atoms. The minimum absolute atomic E-state index is 0.0590. The number of H-pyrrole nitrogens is 1. The first kappa shape index (κ1) is 17.6. The van der Waals surface area contributed by atoms with Gasteiger partial charge in [-0.15, -0.1) is 0 Å². The largest absolute Gasteiger partial charge is 0.348 e. The summed E-state index contributed by atoms with van der Waals surface area (Å²) in [5.41, 5.74) is 2.14. The predicted octanol–water partition coefficient (Wildman–Crippen LogP) is 2.12. The first-order valence-corrected chi connectivity index (χ1v) is 9.00. The van der Waals surface area contributed by atoms with E-state index in [0.717, 1.165) is 50.7 Å². The molecule has 1 aliphatic heterocycles. The molecule has 2 aromatic rings. The number of imidazole rings is 1. The number of nitrogens with one attached hydrogen (secondary N) is 2. The van der Waals surface area contributed by atoms with E-state index in [2.05, 4.69) is 44.1 Å². The van der Waals surface area contributed by atoms with Crippen LogP contribution in [0.4, 0.5) is 5.69 Å². The molecule has 1 aromatic carbocycles. The molecule has 0 bridgehead atoms. The molecule has 3 rings (SSSR count). The van der Waals surface area contributed by atoms with Crippen LogP contribution in [-0.2, 0) is 17.8 Å². The summed E-state index contributed by atoms with van der Waals surface area (Å²) in [7, 11) is 0. The minimum Gasteiger partial charge on any atom is -0.348 e. The van der Waals surface area contributed by atoms with Gasteiger partial charge in [0.05, 0.1) is 12.6 Å². The van der Waals surface area contributed by atoms with E-state index < -0.39 is 0 Å². The number of hydrogen-bond donors (Lipinski definition) is 2. The Hall–Kier alpha value is -2.18. The maximum atomic E-state index is 12.5. The fourth-order valence-corrected chi connectivity index (χ4v) is 3.14. The van der Waals surface area contributed by atoms with Crippen molar-refractivity contribution in [3.05, 3.63) is 48.0 Å². The fraction of sp³-hybridized carbons (Fsp3) is 0.474.